The number of aryl methyl sites for hydroxylation is 1. The number of benzene rings is 4. The molecule has 1 saturated heterocycles. The molecule has 0 spiro atoms. The molecule has 1 atom stereocenters. The molecule has 1 amide bonds. The fourth-order valence-electron chi connectivity index (χ4n) is 4.80. The zero-order valence-corrected chi connectivity index (χ0v) is 23.9. The molecule has 5 aromatic rings. The quantitative estimate of drug-likeness (QED) is 0.0705. The molecule has 2 heterocycles. The lowest BCUT2D eigenvalue weighted by Crippen LogP contribution is -2.29. The summed E-state index contributed by atoms with van der Waals surface area (Å²) in [7, 11) is 0. The van der Waals surface area contributed by atoms with Crippen molar-refractivity contribution in [2.45, 2.75) is 23.1 Å². The summed E-state index contributed by atoms with van der Waals surface area (Å²) in [5, 5.41) is 22.7. The average Bonchev–Trinajstić information content (AvgIpc) is 3.55. The maximum Gasteiger partial charge on any atom is 0.301 e. The molecule has 1 aliphatic heterocycles. The van der Waals surface area contributed by atoms with Crippen LogP contribution in [0.25, 0.3) is 16.5 Å². The van der Waals surface area contributed by atoms with Crippen LogP contribution in [0.2, 0.25) is 5.02 Å². The van der Waals surface area contributed by atoms with Crippen LogP contribution in [0.1, 0.15) is 28.3 Å². The fraction of sp³-hybridized carbons (Fsp3) is 0.0968. The lowest BCUT2D eigenvalue weighted by atomic mass is 9.95. The summed E-state index contributed by atoms with van der Waals surface area (Å²) in [6.45, 7) is 1.59. The fourth-order valence-corrected chi connectivity index (χ4v) is 6.80. The van der Waals surface area contributed by atoms with Gasteiger partial charge in [0.2, 0.25) is 5.13 Å². The monoisotopic (exact) mass is 601 g/mol. The number of nitrogens with zero attached hydrogens (tertiary/aromatic N) is 3. The molecule has 0 bridgehead atoms. The van der Waals surface area contributed by atoms with Crippen molar-refractivity contribution in [2.24, 2.45) is 0 Å². The van der Waals surface area contributed by atoms with E-state index in [2.05, 4.69) is 34.5 Å². The Labute approximate surface area is 248 Å². The number of aliphatic hydroxyl groups is 1. The van der Waals surface area contributed by atoms with E-state index in [1.807, 2.05) is 18.2 Å². The third-order valence-corrected chi connectivity index (χ3v) is 9.27. The van der Waals surface area contributed by atoms with Gasteiger partial charge in [-0.1, -0.05) is 101 Å². The normalized spacial score (nSPS) is 16.6. The van der Waals surface area contributed by atoms with Crippen LogP contribution >= 0.6 is 34.7 Å². The number of anilines is 1. The molecular formula is C31H21ClFN3O3S2. The first-order valence-corrected chi connectivity index (χ1v) is 14.8. The van der Waals surface area contributed by atoms with E-state index >= 15 is 0 Å². The van der Waals surface area contributed by atoms with Gasteiger partial charge in [0, 0.05) is 16.3 Å². The Hall–Kier alpha value is -4.05. The number of Topliss-reactive ketones (excluding diaryl/α,β-unsaturated/α-hetero) is 1. The van der Waals surface area contributed by atoms with Gasteiger partial charge in [0.05, 0.1) is 11.6 Å². The van der Waals surface area contributed by atoms with E-state index in [0.717, 1.165) is 22.4 Å². The van der Waals surface area contributed by atoms with E-state index in [9.17, 15) is 19.1 Å². The van der Waals surface area contributed by atoms with Crippen LogP contribution in [0.3, 0.4) is 0 Å². The van der Waals surface area contributed by atoms with Crippen molar-refractivity contribution in [3.8, 4) is 0 Å². The molecule has 41 heavy (non-hydrogen) atoms. The molecule has 6 rings (SSSR count). The Bertz CT molecular complexity index is 1850. The van der Waals surface area contributed by atoms with Gasteiger partial charge in [-0.3, -0.25) is 14.5 Å². The van der Waals surface area contributed by atoms with Gasteiger partial charge in [0.15, 0.2) is 4.34 Å². The Balaban J connectivity index is 1.37. The number of carbonyl (C=O) groups excluding carboxylic acids is 2. The number of hydrogen-bond donors (Lipinski definition) is 1. The second-order valence-corrected chi connectivity index (χ2v) is 12.1. The van der Waals surface area contributed by atoms with E-state index in [-0.39, 0.29) is 16.3 Å². The minimum atomic E-state index is -1.01. The minimum absolute atomic E-state index is 0.0914. The number of rotatable bonds is 6. The molecule has 0 saturated carbocycles. The molecule has 204 valence electrons. The van der Waals surface area contributed by atoms with Crippen LogP contribution < -0.4 is 4.90 Å². The van der Waals surface area contributed by atoms with E-state index in [1.54, 1.807) is 31.2 Å². The van der Waals surface area contributed by atoms with E-state index < -0.39 is 29.3 Å². The van der Waals surface area contributed by atoms with E-state index in [0.29, 0.717) is 26.2 Å². The number of halogens is 2. The highest BCUT2D eigenvalue weighted by molar-refractivity contribution is 8.00. The predicted octanol–water partition coefficient (Wildman–Crippen LogP) is 7.71. The second kappa shape index (κ2) is 11.1. The summed E-state index contributed by atoms with van der Waals surface area (Å²) in [6, 6.07) is 24.0. The molecule has 10 heteroatoms. The van der Waals surface area contributed by atoms with Crippen molar-refractivity contribution in [1.29, 1.82) is 0 Å². The van der Waals surface area contributed by atoms with Crippen molar-refractivity contribution < 1.29 is 19.1 Å². The van der Waals surface area contributed by atoms with Crippen molar-refractivity contribution in [1.82, 2.24) is 10.2 Å². The summed E-state index contributed by atoms with van der Waals surface area (Å²) < 4.78 is 15.0. The number of fused-ring (bicyclic) bond motifs is 1. The van der Waals surface area contributed by atoms with Crippen molar-refractivity contribution in [3.05, 3.63) is 124 Å². The molecule has 1 aliphatic rings. The topological polar surface area (TPSA) is 83.4 Å². The largest absolute Gasteiger partial charge is 0.507 e. The summed E-state index contributed by atoms with van der Waals surface area (Å²) in [4.78, 5) is 28.0. The Morgan fingerprint density at radius 2 is 1.78 bits per heavy atom. The predicted molar refractivity (Wildman–Crippen MR) is 161 cm³/mol. The zero-order valence-electron chi connectivity index (χ0n) is 21.5. The zero-order chi connectivity index (χ0) is 28.7. The molecule has 6 nitrogen and oxygen atoms in total. The first kappa shape index (κ1) is 27.1. The van der Waals surface area contributed by atoms with Gasteiger partial charge in [0.1, 0.15) is 11.6 Å². The van der Waals surface area contributed by atoms with Gasteiger partial charge in [-0.25, -0.2) is 4.39 Å². The average molecular weight is 602 g/mol. The number of thioether (sulfide) groups is 1. The van der Waals surface area contributed by atoms with Gasteiger partial charge in [-0.2, -0.15) is 0 Å². The highest BCUT2D eigenvalue weighted by atomic mass is 35.5. The number of carbonyl (C=O) groups is 2. The number of ketones is 1. The third kappa shape index (κ3) is 5.12. The highest BCUT2D eigenvalue weighted by Crippen LogP contribution is 2.44. The lowest BCUT2D eigenvalue weighted by molar-refractivity contribution is -0.132. The number of hydrogen-bond acceptors (Lipinski definition) is 7. The van der Waals surface area contributed by atoms with E-state index in [4.69, 9.17) is 11.6 Å². The maximum atomic E-state index is 14.4. The standard InChI is InChI=1S/C31H21ClFN3O3S2/c1-17-9-10-20(15-24(17)33)27(37)25-26(19-11-13-22(32)14-12-19)36(29(39)28(25)38)30-34-35-31(41-30)40-16-21-7-4-6-18-5-2-3-8-23(18)21/h2-15,26,37H,16H2,1H3/b27-25-. The second-order valence-electron chi connectivity index (χ2n) is 9.46. The molecule has 1 aromatic heterocycles. The van der Waals surface area contributed by atoms with Crippen LogP contribution in [0.15, 0.2) is 94.8 Å². The van der Waals surface area contributed by atoms with Gasteiger partial charge < -0.3 is 5.11 Å². The van der Waals surface area contributed by atoms with Gasteiger partial charge in [-0.15, -0.1) is 10.2 Å². The lowest BCUT2D eigenvalue weighted by Gasteiger charge is -2.22. The van der Waals surface area contributed by atoms with Crippen LogP contribution in [0.5, 0.6) is 0 Å². The smallest absolute Gasteiger partial charge is 0.301 e. The van der Waals surface area contributed by atoms with Crippen LogP contribution in [-0.4, -0.2) is 27.0 Å². The van der Waals surface area contributed by atoms with Crippen molar-refractivity contribution >= 4 is 68.1 Å². The highest BCUT2D eigenvalue weighted by Gasteiger charge is 2.48. The van der Waals surface area contributed by atoms with Gasteiger partial charge in [-0.05, 0) is 52.6 Å². The molecule has 1 unspecified atom stereocenters. The molecule has 4 aromatic carbocycles. The van der Waals surface area contributed by atoms with Crippen molar-refractivity contribution in [3.63, 3.8) is 0 Å². The Morgan fingerprint density at radius 3 is 2.56 bits per heavy atom. The summed E-state index contributed by atoms with van der Waals surface area (Å²) >= 11 is 8.76. The number of amides is 1. The summed E-state index contributed by atoms with van der Waals surface area (Å²) in [6.07, 6.45) is 0. The molecule has 0 aliphatic carbocycles. The molecule has 0 radical (unpaired) electrons. The molecule has 1 N–H and O–H groups in total. The minimum Gasteiger partial charge on any atom is -0.507 e. The van der Waals surface area contributed by atoms with Gasteiger partial charge in [0.25, 0.3) is 5.78 Å². The van der Waals surface area contributed by atoms with Crippen molar-refractivity contribution in [2.75, 3.05) is 4.90 Å². The summed E-state index contributed by atoms with van der Waals surface area (Å²) in [5.41, 5.74) is 1.98. The van der Waals surface area contributed by atoms with Crippen LogP contribution in [0.4, 0.5) is 9.52 Å². The first-order chi connectivity index (χ1) is 19.8. The third-order valence-electron chi connectivity index (χ3n) is 6.91. The molecule has 1 fully saturated rings. The maximum absolute atomic E-state index is 14.4. The summed E-state index contributed by atoms with van der Waals surface area (Å²) in [5.74, 6) is -2.14. The number of aromatic nitrogens is 2. The molecular weight excluding hydrogens is 581 g/mol. The Kier molecular flexibility index (Phi) is 7.33. The Morgan fingerprint density at radius 1 is 1.02 bits per heavy atom. The van der Waals surface area contributed by atoms with Crippen LogP contribution in [0, 0.1) is 12.7 Å². The SMILES string of the molecule is Cc1ccc(/C(O)=C2/C(=O)C(=O)N(c3nnc(SCc4cccc5ccccc45)s3)C2c2ccc(Cl)cc2)cc1F. The van der Waals surface area contributed by atoms with Gasteiger partial charge >= 0.3 is 5.91 Å². The van der Waals surface area contributed by atoms with E-state index in [1.165, 1.54) is 40.1 Å². The number of aliphatic hydroxyl groups excluding tert-OH is 1. The van der Waals surface area contributed by atoms with Crippen LogP contribution in [-0.2, 0) is 15.3 Å². The first-order valence-electron chi connectivity index (χ1n) is 12.6.